The van der Waals surface area contributed by atoms with Gasteiger partial charge < -0.3 is 25.0 Å². The van der Waals surface area contributed by atoms with Crippen LogP contribution in [0.4, 0.5) is 5.69 Å². The molecule has 168 valence electrons. The monoisotopic (exact) mass is 480 g/mol. The van der Waals surface area contributed by atoms with E-state index in [0.29, 0.717) is 50.2 Å². The molecule has 1 saturated heterocycles. The number of benzene rings is 2. The summed E-state index contributed by atoms with van der Waals surface area (Å²) in [4.78, 5) is 19.2. The zero-order chi connectivity index (χ0) is 22.5. The average molecular weight is 481 g/mol. The lowest BCUT2D eigenvalue weighted by Crippen LogP contribution is -2.42. The van der Waals surface area contributed by atoms with Crippen LogP contribution in [0.3, 0.4) is 0 Å². The standard InChI is InChI=1S/C24H21ClN4O3S/c25-17-10-14(5-6-18(17)28-24(33)27-13-3-4-13)31-20-7-8-26-19-12-21-16(11-15(19)20)23(30)29-9-1-2-22(29)32-21/h5-8,10-13,22H,1-4,9H2,(H2,27,28,33). The molecule has 2 aliphatic heterocycles. The van der Waals surface area contributed by atoms with Crippen LogP contribution in [0.15, 0.2) is 42.6 Å². The summed E-state index contributed by atoms with van der Waals surface area (Å²) in [6.07, 6.45) is 5.58. The Labute approximate surface area is 201 Å². The van der Waals surface area contributed by atoms with Gasteiger partial charge in [-0.05, 0) is 55.7 Å². The van der Waals surface area contributed by atoms with Gasteiger partial charge >= 0.3 is 0 Å². The topological polar surface area (TPSA) is 75.7 Å². The highest BCUT2D eigenvalue weighted by atomic mass is 35.5. The highest BCUT2D eigenvalue weighted by Gasteiger charge is 2.37. The molecule has 0 spiro atoms. The summed E-state index contributed by atoms with van der Waals surface area (Å²) >= 11 is 11.8. The molecule has 6 rings (SSSR count). The minimum Gasteiger partial charge on any atom is -0.470 e. The number of anilines is 1. The van der Waals surface area contributed by atoms with Crippen molar-refractivity contribution in [3.63, 3.8) is 0 Å². The summed E-state index contributed by atoms with van der Waals surface area (Å²) in [7, 11) is 0. The third-order valence-corrected chi connectivity index (χ3v) is 6.62. The van der Waals surface area contributed by atoms with E-state index in [1.54, 1.807) is 23.2 Å². The van der Waals surface area contributed by atoms with E-state index >= 15 is 0 Å². The molecule has 2 aromatic carbocycles. The van der Waals surface area contributed by atoms with E-state index in [0.717, 1.165) is 37.6 Å². The van der Waals surface area contributed by atoms with E-state index in [9.17, 15) is 4.79 Å². The maximum Gasteiger partial charge on any atom is 0.260 e. The number of amides is 1. The Morgan fingerprint density at radius 2 is 2.09 bits per heavy atom. The van der Waals surface area contributed by atoms with Gasteiger partial charge in [0.25, 0.3) is 5.91 Å². The van der Waals surface area contributed by atoms with Crippen molar-refractivity contribution < 1.29 is 14.3 Å². The van der Waals surface area contributed by atoms with Crippen LogP contribution in [0.2, 0.25) is 5.02 Å². The van der Waals surface area contributed by atoms with Crippen molar-refractivity contribution in [2.45, 2.75) is 38.0 Å². The number of hydrogen-bond donors (Lipinski definition) is 2. The SMILES string of the molecule is O=C1c2cc3c(Oc4ccc(NC(=S)NC5CC5)c(Cl)c4)ccnc3cc2OC2CCCN12. The number of thiocarbonyl (C=S) groups is 1. The van der Waals surface area contributed by atoms with E-state index < -0.39 is 0 Å². The number of carbonyl (C=O) groups excluding carboxylic acids is 1. The molecule has 0 radical (unpaired) electrons. The molecule has 1 aromatic heterocycles. The van der Waals surface area contributed by atoms with Gasteiger partial charge in [-0.15, -0.1) is 0 Å². The van der Waals surface area contributed by atoms with Crippen LogP contribution >= 0.6 is 23.8 Å². The Hall–Kier alpha value is -3.10. The van der Waals surface area contributed by atoms with Crippen LogP contribution in [0.5, 0.6) is 17.2 Å². The molecule has 3 aromatic rings. The van der Waals surface area contributed by atoms with Crippen LogP contribution in [-0.2, 0) is 0 Å². The molecule has 33 heavy (non-hydrogen) atoms. The maximum atomic E-state index is 13.0. The smallest absolute Gasteiger partial charge is 0.260 e. The number of carbonyl (C=O) groups is 1. The number of aromatic nitrogens is 1. The summed E-state index contributed by atoms with van der Waals surface area (Å²) in [5.74, 6) is 1.72. The van der Waals surface area contributed by atoms with Crippen molar-refractivity contribution in [3.8, 4) is 17.2 Å². The van der Waals surface area contributed by atoms with Gasteiger partial charge in [-0.1, -0.05) is 11.6 Å². The van der Waals surface area contributed by atoms with Gasteiger partial charge in [0.15, 0.2) is 11.3 Å². The molecule has 1 saturated carbocycles. The molecule has 9 heteroatoms. The molecule has 2 N–H and O–H groups in total. The summed E-state index contributed by atoms with van der Waals surface area (Å²) in [6, 6.07) is 11.2. The van der Waals surface area contributed by atoms with Crippen molar-refractivity contribution in [1.82, 2.24) is 15.2 Å². The Bertz CT molecular complexity index is 1300. The molecule has 3 heterocycles. The summed E-state index contributed by atoms with van der Waals surface area (Å²) in [6.45, 7) is 0.718. The van der Waals surface area contributed by atoms with Crippen LogP contribution in [0.1, 0.15) is 36.0 Å². The lowest BCUT2D eigenvalue weighted by molar-refractivity contribution is 0.0295. The molecule has 2 fully saturated rings. The van der Waals surface area contributed by atoms with E-state index in [4.69, 9.17) is 33.3 Å². The number of pyridine rings is 1. The van der Waals surface area contributed by atoms with Gasteiger partial charge in [-0.25, -0.2) is 0 Å². The second-order valence-electron chi connectivity index (χ2n) is 8.50. The molecular formula is C24H21ClN4O3S. The first-order valence-electron chi connectivity index (χ1n) is 11.0. The normalized spacial score (nSPS) is 19.0. The number of nitrogens with zero attached hydrogens (tertiary/aromatic N) is 2. The summed E-state index contributed by atoms with van der Waals surface area (Å²) in [5.41, 5.74) is 1.94. The molecule has 0 bridgehead atoms. The predicted molar refractivity (Wildman–Crippen MR) is 130 cm³/mol. The number of halogens is 1. The number of rotatable bonds is 4. The van der Waals surface area contributed by atoms with Crippen LogP contribution in [0, 0.1) is 0 Å². The second kappa shape index (κ2) is 8.04. The van der Waals surface area contributed by atoms with Gasteiger partial charge in [0.2, 0.25) is 0 Å². The number of nitrogens with one attached hydrogen (secondary N) is 2. The highest BCUT2D eigenvalue weighted by Crippen LogP contribution is 2.39. The maximum absolute atomic E-state index is 13.0. The van der Waals surface area contributed by atoms with Gasteiger partial charge in [0.05, 0.1) is 21.8 Å². The highest BCUT2D eigenvalue weighted by molar-refractivity contribution is 7.80. The van der Waals surface area contributed by atoms with E-state index in [-0.39, 0.29) is 12.1 Å². The fraction of sp³-hybridized carbons (Fsp3) is 0.292. The van der Waals surface area contributed by atoms with Crippen molar-refractivity contribution in [2.75, 3.05) is 11.9 Å². The molecule has 1 aliphatic carbocycles. The third kappa shape index (κ3) is 3.94. The van der Waals surface area contributed by atoms with Crippen molar-refractivity contribution in [3.05, 3.63) is 53.2 Å². The summed E-state index contributed by atoms with van der Waals surface area (Å²) in [5, 5.41) is 8.14. The van der Waals surface area contributed by atoms with Gasteiger partial charge in [0.1, 0.15) is 17.2 Å². The molecule has 1 atom stereocenters. The second-order valence-corrected chi connectivity index (χ2v) is 9.32. The molecule has 1 unspecified atom stereocenters. The van der Waals surface area contributed by atoms with E-state index in [1.807, 2.05) is 24.3 Å². The average Bonchev–Trinajstić information content (AvgIpc) is 3.48. The Morgan fingerprint density at radius 1 is 1.21 bits per heavy atom. The lowest BCUT2D eigenvalue weighted by Gasteiger charge is -2.31. The van der Waals surface area contributed by atoms with Gasteiger partial charge in [0, 0.05) is 42.7 Å². The fourth-order valence-corrected chi connectivity index (χ4v) is 4.75. The molecule has 1 amide bonds. The number of ether oxygens (including phenoxy) is 2. The minimum absolute atomic E-state index is 0.00954. The molecule has 7 nitrogen and oxygen atoms in total. The van der Waals surface area contributed by atoms with Crippen molar-refractivity contribution in [2.24, 2.45) is 0 Å². The van der Waals surface area contributed by atoms with Crippen molar-refractivity contribution in [1.29, 1.82) is 0 Å². The quantitative estimate of drug-likeness (QED) is 0.504. The third-order valence-electron chi connectivity index (χ3n) is 6.08. The van der Waals surface area contributed by atoms with Crippen LogP contribution in [0.25, 0.3) is 10.9 Å². The Kier molecular flexibility index (Phi) is 4.99. The first-order chi connectivity index (χ1) is 16.0. The van der Waals surface area contributed by atoms with E-state index in [1.165, 1.54) is 0 Å². The van der Waals surface area contributed by atoms with Crippen molar-refractivity contribution >= 4 is 51.4 Å². The van der Waals surface area contributed by atoms with Crippen LogP contribution in [-0.4, -0.2) is 39.7 Å². The van der Waals surface area contributed by atoms with E-state index in [2.05, 4.69) is 15.6 Å². The summed E-state index contributed by atoms with van der Waals surface area (Å²) < 4.78 is 12.2. The fourth-order valence-electron chi connectivity index (χ4n) is 4.25. The first-order valence-corrected chi connectivity index (χ1v) is 11.8. The zero-order valence-electron chi connectivity index (χ0n) is 17.6. The van der Waals surface area contributed by atoms with Gasteiger partial charge in [-0.3, -0.25) is 9.78 Å². The van der Waals surface area contributed by atoms with Gasteiger partial charge in [-0.2, -0.15) is 0 Å². The predicted octanol–water partition coefficient (Wildman–Crippen LogP) is 5.08. The Morgan fingerprint density at radius 3 is 2.91 bits per heavy atom. The lowest BCUT2D eigenvalue weighted by atomic mass is 10.1. The number of hydrogen-bond acceptors (Lipinski definition) is 5. The zero-order valence-corrected chi connectivity index (χ0v) is 19.2. The first kappa shape index (κ1) is 20.5. The molecular weight excluding hydrogens is 460 g/mol. The number of fused-ring (bicyclic) bond motifs is 3. The minimum atomic E-state index is -0.177. The molecule has 3 aliphatic rings. The van der Waals surface area contributed by atoms with Crippen LogP contribution < -0.4 is 20.1 Å². The largest absolute Gasteiger partial charge is 0.470 e. The Balaban J connectivity index is 1.28.